The van der Waals surface area contributed by atoms with E-state index in [9.17, 15) is 4.79 Å². The van der Waals surface area contributed by atoms with E-state index in [1.807, 2.05) is 6.07 Å². The lowest BCUT2D eigenvalue weighted by atomic mass is 10.1. The Bertz CT molecular complexity index is 807. The summed E-state index contributed by atoms with van der Waals surface area (Å²) in [4.78, 5) is 22.1. The van der Waals surface area contributed by atoms with Crippen molar-refractivity contribution in [2.75, 3.05) is 19.7 Å². The van der Waals surface area contributed by atoms with Gasteiger partial charge in [0.2, 0.25) is 5.69 Å². The van der Waals surface area contributed by atoms with Crippen molar-refractivity contribution >= 4 is 17.5 Å². The number of nitrogens with zero attached hydrogens (tertiary/aromatic N) is 4. The molecule has 0 unspecified atom stereocenters. The molecule has 3 rings (SSSR count). The van der Waals surface area contributed by atoms with Crippen molar-refractivity contribution in [1.82, 2.24) is 14.9 Å². The Balaban J connectivity index is 1.55. The minimum atomic E-state index is -0.230. The summed E-state index contributed by atoms with van der Waals surface area (Å²) in [6.45, 7) is 1.02. The van der Waals surface area contributed by atoms with Gasteiger partial charge in [0.25, 0.3) is 11.8 Å². The molecule has 0 aliphatic carbocycles. The zero-order valence-corrected chi connectivity index (χ0v) is 14.7. The number of carbonyl (C=O) groups excluding carboxylic acids is 1. The lowest BCUT2D eigenvalue weighted by molar-refractivity contribution is -0.136. The second-order valence-electron chi connectivity index (χ2n) is 5.79. The Morgan fingerprint density at radius 2 is 2.08 bits per heavy atom. The van der Waals surface area contributed by atoms with E-state index in [1.54, 1.807) is 29.2 Å². The maximum Gasteiger partial charge on any atom is 0.260 e. The SMILES string of the molecule is N#Cc1nccnc1O[C@H]1CCCN(C(=O)COc2ccc(Cl)cc2)C1. The van der Waals surface area contributed by atoms with Gasteiger partial charge in [0, 0.05) is 24.0 Å². The number of amides is 1. The number of hydrogen-bond donors (Lipinski definition) is 0. The third kappa shape index (κ3) is 4.61. The molecule has 0 N–H and O–H groups in total. The Kier molecular flexibility index (Phi) is 5.87. The molecule has 1 aromatic carbocycles. The first kappa shape index (κ1) is 18.0. The van der Waals surface area contributed by atoms with Crippen LogP contribution in [-0.4, -0.2) is 46.6 Å². The fourth-order valence-corrected chi connectivity index (χ4v) is 2.80. The van der Waals surface area contributed by atoms with Crippen LogP contribution >= 0.6 is 11.6 Å². The number of benzene rings is 1. The summed E-state index contributed by atoms with van der Waals surface area (Å²) in [5.41, 5.74) is 0.141. The number of hydrogen-bond acceptors (Lipinski definition) is 6. The van der Waals surface area contributed by atoms with E-state index in [0.717, 1.165) is 12.8 Å². The Labute approximate surface area is 156 Å². The first-order valence-electron chi connectivity index (χ1n) is 8.19. The minimum Gasteiger partial charge on any atom is -0.484 e. The maximum absolute atomic E-state index is 12.4. The highest BCUT2D eigenvalue weighted by Gasteiger charge is 2.26. The van der Waals surface area contributed by atoms with Crippen molar-refractivity contribution in [2.24, 2.45) is 0 Å². The van der Waals surface area contributed by atoms with Crippen LogP contribution in [0.4, 0.5) is 0 Å². The monoisotopic (exact) mass is 372 g/mol. The molecule has 26 heavy (non-hydrogen) atoms. The number of nitriles is 1. The van der Waals surface area contributed by atoms with Crippen LogP contribution in [0, 0.1) is 11.3 Å². The smallest absolute Gasteiger partial charge is 0.260 e. The zero-order chi connectivity index (χ0) is 18.4. The fraction of sp³-hybridized carbons (Fsp3) is 0.333. The van der Waals surface area contributed by atoms with E-state index in [-0.39, 0.29) is 30.2 Å². The van der Waals surface area contributed by atoms with Crippen LogP contribution in [0.2, 0.25) is 5.02 Å². The van der Waals surface area contributed by atoms with Crippen LogP contribution in [-0.2, 0) is 4.79 Å². The molecule has 7 nitrogen and oxygen atoms in total. The number of rotatable bonds is 5. The molecule has 1 saturated heterocycles. The summed E-state index contributed by atoms with van der Waals surface area (Å²) in [6, 6.07) is 8.80. The molecular weight excluding hydrogens is 356 g/mol. The maximum atomic E-state index is 12.4. The highest BCUT2D eigenvalue weighted by molar-refractivity contribution is 6.30. The topological polar surface area (TPSA) is 88.3 Å². The molecule has 0 saturated carbocycles. The van der Waals surface area contributed by atoms with Gasteiger partial charge < -0.3 is 14.4 Å². The Morgan fingerprint density at radius 3 is 2.85 bits per heavy atom. The summed E-state index contributed by atoms with van der Waals surface area (Å²) >= 11 is 5.83. The van der Waals surface area contributed by atoms with Gasteiger partial charge in [0.1, 0.15) is 17.9 Å². The van der Waals surface area contributed by atoms with Gasteiger partial charge in [-0.25, -0.2) is 9.97 Å². The predicted octanol–water partition coefficient (Wildman–Crippen LogP) is 2.45. The van der Waals surface area contributed by atoms with E-state index >= 15 is 0 Å². The molecule has 0 spiro atoms. The van der Waals surface area contributed by atoms with Crippen LogP contribution in [0.1, 0.15) is 18.5 Å². The molecule has 1 atom stereocenters. The van der Waals surface area contributed by atoms with Crippen LogP contribution in [0.15, 0.2) is 36.7 Å². The molecular formula is C18H17ClN4O3. The molecule has 1 amide bonds. The van der Waals surface area contributed by atoms with Gasteiger partial charge in [-0.2, -0.15) is 5.26 Å². The molecule has 0 radical (unpaired) electrons. The van der Waals surface area contributed by atoms with Gasteiger partial charge in [0.05, 0.1) is 6.54 Å². The predicted molar refractivity (Wildman–Crippen MR) is 93.9 cm³/mol. The van der Waals surface area contributed by atoms with E-state index in [4.69, 9.17) is 26.3 Å². The average molecular weight is 373 g/mol. The number of likely N-dealkylation sites (tertiary alicyclic amines) is 1. The number of piperidine rings is 1. The largest absolute Gasteiger partial charge is 0.484 e. The number of halogens is 1. The van der Waals surface area contributed by atoms with Crippen molar-refractivity contribution in [1.29, 1.82) is 5.26 Å². The quantitative estimate of drug-likeness (QED) is 0.801. The number of ether oxygens (including phenoxy) is 2. The van der Waals surface area contributed by atoms with Gasteiger partial charge in [-0.1, -0.05) is 11.6 Å². The first-order chi connectivity index (χ1) is 12.7. The molecule has 1 aliphatic rings. The van der Waals surface area contributed by atoms with Crippen LogP contribution in [0.25, 0.3) is 0 Å². The van der Waals surface area contributed by atoms with Gasteiger partial charge in [-0.05, 0) is 37.1 Å². The van der Waals surface area contributed by atoms with Crippen LogP contribution < -0.4 is 9.47 Å². The van der Waals surface area contributed by atoms with Crippen molar-refractivity contribution in [3.63, 3.8) is 0 Å². The standard InChI is InChI=1S/C18H17ClN4O3/c19-13-3-5-14(6-4-13)25-12-17(24)23-9-1-2-15(11-23)26-18-16(10-20)21-7-8-22-18/h3-8,15H,1-2,9,11-12H2/t15-/m0/s1. The summed E-state index contributed by atoms with van der Waals surface area (Å²) < 4.78 is 11.3. The molecule has 1 fully saturated rings. The summed E-state index contributed by atoms with van der Waals surface area (Å²) in [7, 11) is 0. The summed E-state index contributed by atoms with van der Waals surface area (Å²) in [5.74, 6) is 0.672. The van der Waals surface area contributed by atoms with E-state index in [2.05, 4.69) is 9.97 Å². The van der Waals surface area contributed by atoms with Crippen molar-refractivity contribution in [3.05, 3.63) is 47.4 Å². The average Bonchev–Trinajstić information content (AvgIpc) is 2.68. The van der Waals surface area contributed by atoms with Crippen molar-refractivity contribution in [3.8, 4) is 17.7 Å². The van der Waals surface area contributed by atoms with Crippen molar-refractivity contribution in [2.45, 2.75) is 18.9 Å². The molecule has 1 aromatic heterocycles. The second-order valence-corrected chi connectivity index (χ2v) is 6.22. The van der Waals surface area contributed by atoms with Crippen LogP contribution in [0.3, 0.4) is 0 Å². The van der Waals surface area contributed by atoms with Gasteiger partial charge in [-0.3, -0.25) is 4.79 Å². The van der Waals surface area contributed by atoms with Gasteiger partial charge in [-0.15, -0.1) is 0 Å². The third-order valence-corrected chi connectivity index (χ3v) is 4.21. The summed E-state index contributed by atoms with van der Waals surface area (Å²) in [6.07, 6.45) is 4.27. The molecule has 8 heteroatoms. The van der Waals surface area contributed by atoms with E-state index < -0.39 is 0 Å². The highest BCUT2D eigenvalue weighted by atomic mass is 35.5. The van der Waals surface area contributed by atoms with Gasteiger partial charge in [0.15, 0.2) is 6.61 Å². The molecule has 134 valence electrons. The Morgan fingerprint density at radius 1 is 1.31 bits per heavy atom. The van der Waals surface area contributed by atoms with Gasteiger partial charge >= 0.3 is 0 Å². The fourth-order valence-electron chi connectivity index (χ4n) is 2.67. The van der Waals surface area contributed by atoms with E-state index in [0.29, 0.717) is 23.9 Å². The lowest BCUT2D eigenvalue weighted by Crippen LogP contribution is -2.46. The molecule has 2 heterocycles. The van der Waals surface area contributed by atoms with Crippen LogP contribution in [0.5, 0.6) is 11.6 Å². The minimum absolute atomic E-state index is 0.0526. The zero-order valence-electron chi connectivity index (χ0n) is 14.0. The summed E-state index contributed by atoms with van der Waals surface area (Å²) in [5, 5.41) is 9.67. The van der Waals surface area contributed by atoms with E-state index in [1.165, 1.54) is 12.4 Å². The molecule has 1 aliphatic heterocycles. The number of carbonyl (C=O) groups is 1. The number of aromatic nitrogens is 2. The molecule has 0 bridgehead atoms. The lowest BCUT2D eigenvalue weighted by Gasteiger charge is -2.32. The van der Waals surface area contributed by atoms with Crippen molar-refractivity contribution < 1.29 is 14.3 Å². The highest BCUT2D eigenvalue weighted by Crippen LogP contribution is 2.19. The third-order valence-electron chi connectivity index (χ3n) is 3.96. The molecule has 2 aromatic rings. The first-order valence-corrected chi connectivity index (χ1v) is 8.57. The normalized spacial score (nSPS) is 16.6. The second kappa shape index (κ2) is 8.50. The Hall–Kier alpha value is -2.85.